The summed E-state index contributed by atoms with van der Waals surface area (Å²) in [4.78, 5) is 24.7. The molecule has 3 N–H and O–H groups in total. The van der Waals surface area contributed by atoms with Gasteiger partial charge < -0.3 is 15.4 Å². The summed E-state index contributed by atoms with van der Waals surface area (Å²) in [5, 5.41) is 16.6. The Hall–Kier alpha value is -3.79. The van der Waals surface area contributed by atoms with Gasteiger partial charge in [0.15, 0.2) is 0 Å². The van der Waals surface area contributed by atoms with Crippen LogP contribution in [0.4, 0.5) is 14.9 Å². The summed E-state index contributed by atoms with van der Waals surface area (Å²) in [6.45, 7) is 2.50. The smallest absolute Gasteiger partial charge is 0.414 e. The number of anilines is 1. The standard InChI is InChI=1S/C24H25FN6O3/c1-14(32)26-12-19-13-31(24(33)34-19)18-4-6-20(22(25)9-18)15-2-5-21-16(8-15)3-7-23(21)27-10-17-11-28-30-29-17/h2,4-6,8-9,11,19,23,27H,3,7,10,12-13H2,1H3,(H,26,32)(H,28,29,30)/t19-,23?/m0/s1. The van der Waals surface area contributed by atoms with E-state index in [1.165, 1.54) is 29.0 Å². The molecule has 0 radical (unpaired) electrons. The molecule has 0 bridgehead atoms. The molecule has 2 aliphatic rings. The number of aromatic amines is 1. The Labute approximate surface area is 195 Å². The number of fused-ring (bicyclic) bond motifs is 1. The molecular formula is C24H25FN6O3. The van der Waals surface area contributed by atoms with Gasteiger partial charge in [-0.25, -0.2) is 9.18 Å². The Balaban J connectivity index is 1.29. The molecule has 1 aromatic heterocycles. The van der Waals surface area contributed by atoms with Gasteiger partial charge in [0.2, 0.25) is 5.91 Å². The molecule has 0 spiro atoms. The summed E-state index contributed by atoms with van der Waals surface area (Å²) in [5.41, 5.74) is 4.97. The molecule has 2 atom stereocenters. The first-order valence-electron chi connectivity index (χ1n) is 11.2. The molecule has 2 heterocycles. The first-order valence-corrected chi connectivity index (χ1v) is 11.2. The molecule has 3 aromatic rings. The van der Waals surface area contributed by atoms with Gasteiger partial charge in [-0.3, -0.25) is 9.69 Å². The molecule has 2 aromatic carbocycles. The van der Waals surface area contributed by atoms with Gasteiger partial charge in [0.1, 0.15) is 11.9 Å². The number of carbonyl (C=O) groups excluding carboxylic acids is 2. The number of cyclic esters (lactones) is 1. The minimum absolute atomic E-state index is 0.198. The van der Waals surface area contributed by atoms with Crippen LogP contribution in [0.2, 0.25) is 0 Å². The maximum Gasteiger partial charge on any atom is 0.414 e. The van der Waals surface area contributed by atoms with Crippen molar-refractivity contribution >= 4 is 17.7 Å². The van der Waals surface area contributed by atoms with Crippen molar-refractivity contribution in [2.24, 2.45) is 0 Å². The second-order valence-corrected chi connectivity index (χ2v) is 8.56. The average Bonchev–Trinajstić information content (AvgIpc) is 3.56. The van der Waals surface area contributed by atoms with Crippen LogP contribution in [0.25, 0.3) is 11.1 Å². The van der Waals surface area contributed by atoms with Gasteiger partial charge in [-0.15, -0.1) is 0 Å². The van der Waals surface area contributed by atoms with E-state index < -0.39 is 18.0 Å². The van der Waals surface area contributed by atoms with Crippen molar-refractivity contribution in [1.29, 1.82) is 0 Å². The van der Waals surface area contributed by atoms with Crippen LogP contribution in [-0.4, -0.2) is 46.6 Å². The van der Waals surface area contributed by atoms with Crippen LogP contribution in [0.5, 0.6) is 0 Å². The van der Waals surface area contributed by atoms with Crippen LogP contribution in [0, 0.1) is 5.82 Å². The number of aromatic nitrogens is 3. The number of carbonyl (C=O) groups is 2. The van der Waals surface area contributed by atoms with Crippen LogP contribution in [0.15, 0.2) is 42.6 Å². The second-order valence-electron chi connectivity index (χ2n) is 8.56. The number of nitrogens with zero attached hydrogens (tertiary/aromatic N) is 3. The predicted molar refractivity (Wildman–Crippen MR) is 122 cm³/mol. The van der Waals surface area contributed by atoms with Gasteiger partial charge in [0, 0.05) is 25.1 Å². The molecule has 9 nitrogen and oxygen atoms in total. The Bertz CT molecular complexity index is 1220. The molecule has 34 heavy (non-hydrogen) atoms. The fraction of sp³-hybridized carbons (Fsp3) is 0.333. The molecule has 1 fully saturated rings. The topological polar surface area (TPSA) is 112 Å². The lowest BCUT2D eigenvalue weighted by Crippen LogP contribution is -2.33. The van der Waals surface area contributed by atoms with Gasteiger partial charge in [-0.2, -0.15) is 15.4 Å². The van der Waals surface area contributed by atoms with Crippen molar-refractivity contribution in [1.82, 2.24) is 26.0 Å². The number of amides is 2. The normalized spacial score (nSPS) is 19.2. The number of hydrogen-bond acceptors (Lipinski definition) is 6. The van der Waals surface area contributed by atoms with E-state index in [2.05, 4.69) is 32.1 Å². The molecule has 1 saturated heterocycles. The number of rotatable bonds is 7. The third-order valence-electron chi connectivity index (χ3n) is 6.24. The highest BCUT2D eigenvalue weighted by molar-refractivity contribution is 5.90. The number of halogens is 1. The van der Waals surface area contributed by atoms with E-state index in [1.54, 1.807) is 18.3 Å². The number of ether oxygens (including phenoxy) is 1. The first-order chi connectivity index (χ1) is 16.5. The highest BCUT2D eigenvalue weighted by Gasteiger charge is 2.33. The highest BCUT2D eigenvalue weighted by atomic mass is 19.1. The average molecular weight is 465 g/mol. The van der Waals surface area contributed by atoms with E-state index >= 15 is 4.39 Å². The molecule has 2 amide bonds. The Morgan fingerprint density at radius 2 is 2.18 bits per heavy atom. The predicted octanol–water partition coefficient (Wildman–Crippen LogP) is 2.85. The molecule has 0 saturated carbocycles. The third-order valence-corrected chi connectivity index (χ3v) is 6.24. The van der Waals surface area contributed by atoms with Crippen LogP contribution in [0.1, 0.15) is 36.2 Å². The fourth-order valence-corrected chi connectivity index (χ4v) is 4.54. The van der Waals surface area contributed by atoms with Crippen molar-refractivity contribution in [3.8, 4) is 11.1 Å². The summed E-state index contributed by atoms with van der Waals surface area (Å²) in [6.07, 6.45) is 2.55. The highest BCUT2D eigenvalue weighted by Crippen LogP contribution is 2.36. The van der Waals surface area contributed by atoms with E-state index in [0.717, 1.165) is 24.1 Å². The van der Waals surface area contributed by atoms with Crippen molar-refractivity contribution < 1.29 is 18.7 Å². The molecule has 1 aliphatic carbocycles. The van der Waals surface area contributed by atoms with E-state index in [4.69, 9.17) is 4.74 Å². The quantitative estimate of drug-likeness (QED) is 0.496. The molecule has 5 rings (SSSR count). The summed E-state index contributed by atoms with van der Waals surface area (Å²) >= 11 is 0. The van der Waals surface area contributed by atoms with Crippen LogP contribution >= 0.6 is 0 Å². The number of nitrogens with one attached hydrogen (secondary N) is 3. The van der Waals surface area contributed by atoms with Gasteiger partial charge in [0.25, 0.3) is 0 Å². The van der Waals surface area contributed by atoms with Crippen LogP contribution in [-0.2, 0) is 22.5 Å². The van der Waals surface area contributed by atoms with Crippen molar-refractivity contribution in [3.63, 3.8) is 0 Å². The van der Waals surface area contributed by atoms with Gasteiger partial charge in [-0.05, 0) is 47.7 Å². The third kappa shape index (κ3) is 4.49. The summed E-state index contributed by atoms with van der Waals surface area (Å²) in [6, 6.07) is 11.0. The zero-order valence-corrected chi connectivity index (χ0v) is 18.7. The SMILES string of the molecule is CC(=O)NC[C@H]1CN(c2ccc(-c3ccc4c(c3)CCC4NCc3cn[nH]n3)c(F)c2)C(=O)O1. The van der Waals surface area contributed by atoms with Crippen molar-refractivity contribution in [2.75, 3.05) is 18.0 Å². The largest absolute Gasteiger partial charge is 0.442 e. The second kappa shape index (κ2) is 9.22. The maximum atomic E-state index is 15.1. The van der Waals surface area contributed by atoms with Crippen molar-refractivity contribution in [3.05, 3.63) is 65.2 Å². The Kier molecular flexibility index (Phi) is 5.97. The molecule has 10 heteroatoms. The van der Waals surface area contributed by atoms with Crippen molar-refractivity contribution in [2.45, 2.75) is 38.5 Å². The summed E-state index contributed by atoms with van der Waals surface area (Å²) in [5.74, 6) is -0.606. The van der Waals surface area contributed by atoms with E-state index in [9.17, 15) is 9.59 Å². The van der Waals surface area contributed by atoms with Crippen LogP contribution < -0.4 is 15.5 Å². The lowest BCUT2D eigenvalue weighted by atomic mass is 9.99. The molecule has 1 unspecified atom stereocenters. The minimum Gasteiger partial charge on any atom is -0.442 e. The lowest BCUT2D eigenvalue weighted by molar-refractivity contribution is -0.119. The van der Waals surface area contributed by atoms with Gasteiger partial charge >= 0.3 is 6.09 Å². The lowest BCUT2D eigenvalue weighted by Gasteiger charge is -2.16. The number of H-pyrrole nitrogens is 1. The summed E-state index contributed by atoms with van der Waals surface area (Å²) < 4.78 is 20.4. The zero-order chi connectivity index (χ0) is 23.7. The Morgan fingerprint density at radius 3 is 2.94 bits per heavy atom. The molecular weight excluding hydrogens is 439 g/mol. The zero-order valence-electron chi connectivity index (χ0n) is 18.7. The molecule has 176 valence electrons. The van der Waals surface area contributed by atoms with Gasteiger partial charge in [0.05, 0.1) is 30.7 Å². The number of aryl methyl sites for hydroxylation is 1. The van der Waals surface area contributed by atoms with Crippen LogP contribution in [0.3, 0.4) is 0 Å². The Morgan fingerprint density at radius 1 is 1.29 bits per heavy atom. The summed E-state index contributed by atoms with van der Waals surface area (Å²) in [7, 11) is 0. The van der Waals surface area contributed by atoms with E-state index in [0.29, 0.717) is 17.8 Å². The van der Waals surface area contributed by atoms with E-state index in [-0.39, 0.29) is 25.0 Å². The maximum absolute atomic E-state index is 15.1. The first kappa shape index (κ1) is 22.0. The van der Waals surface area contributed by atoms with Gasteiger partial charge in [-0.1, -0.05) is 18.2 Å². The number of benzene rings is 2. The fourth-order valence-electron chi connectivity index (χ4n) is 4.54. The minimum atomic E-state index is -0.552. The number of hydrogen-bond donors (Lipinski definition) is 3. The molecule has 1 aliphatic heterocycles. The van der Waals surface area contributed by atoms with E-state index in [1.807, 2.05) is 12.1 Å². The monoisotopic (exact) mass is 464 g/mol.